The van der Waals surface area contributed by atoms with Crippen molar-refractivity contribution in [3.8, 4) is 0 Å². The van der Waals surface area contributed by atoms with Crippen molar-refractivity contribution >= 4 is 5.91 Å². The molecule has 3 N–H and O–H groups in total. The minimum atomic E-state index is -3.58. The predicted molar refractivity (Wildman–Crippen MR) is 49.3 cm³/mol. The molecule has 3 nitrogen and oxygen atoms in total. The Morgan fingerprint density at radius 1 is 1.50 bits per heavy atom. The van der Waals surface area contributed by atoms with Gasteiger partial charge in [-0.2, -0.15) is 8.78 Å². The first-order chi connectivity index (χ1) is 7.14. The van der Waals surface area contributed by atoms with E-state index in [-0.39, 0.29) is 19.3 Å². The smallest absolute Gasteiger partial charge is 0.321 e. The summed E-state index contributed by atoms with van der Waals surface area (Å²) in [6, 6.07) is -2.70. The normalized spacial score (nSPS) is 29.9. The molecule has 0 spiro atoms. The molecular formula is C9H14F4N2O. The molecule has 1 amide bonds. The molecule has 1 aliphatic carbocycles. The SMILES string of the molecule is CC(F)(F)C(=O)N[C@@H]1CCCC(F)(F)[C@H]1N. The van der Waals surface area contributed by atoms with Gasteiger partial charge >= 0.3 is 5.92 Å². The third-order valence-corrected chi connectivity index (χ3v) is 2.66. The number of rotatable bonds is 2. The average molecular weight is 242 g/mol. The predicted octanol–water partition coefficient (Wildman–Crippen LogP) is 1.27. The lowest BCUT2D eigenvalue weighted by Crippen LogP contribution is -2.60. The maximum atomic E-state index is 13.1. The van der Waals surface area contributed by atoms with Crippen molar-refractivity contribution in [2.24, 2.45) is 5.73 Å². The number of hydrogen-bond donors (Lipinski definition) is 2. The standard InChI is InChI=1S/C9H14F4N2O/c1-8(10,11)7(16)15-5-3-2-4-9(12,13)6(5)14/h5-6H,2-4,14H2,1H3,(H,15,16)/t5-,6+/m1/s1. The summed E-state index contributed by atoms with van der Waals surface area (Å²) in [7, 11) is 0. The fourth-order valence-corrected chi connectivity index (χ4v) is 1.66. The number of alkyl halides is 4. The van der Waals surface area contributed by atoms with Gasteiger partial charge in [-0.15, -0.1) is 0 Å². The van der Waals surface area contributed by atoms with Gasteiger partial charge in [0, 0.05) is 19.4 Å². The van der Waals surface area contributed by atoms with Gasteiger partial charge in [-0.1, -0.05) is 0 Å². The Morgan fingerprint density at radius 3 is 2.56 bits per heavy atom. The van der Waals surface area contributed by atoms with Crippen molar-refractivity contribution < 1.29 is 22.4 Å². The molecule has 94 valence electrons. The van der Waals surface area contributed by atoms with Gasteiger partial charge in [-0.3, -0.25) is 4.79 Å². The molecule has 0 aromatic rings. The van der Waals surface area contributed by atoms with Crippen molar-refractivity contribution in [3.05, 3.63) is 0 Å². The molecule has 16 heavy (non-hydrogen) atoms. The number of carbonyl (C=O) groups excluding carboxylic acids is 1. The molecule has 0 radical (unpaired) electrons. The summed E-state index contributed by atoms with van der Waals surface area (Å²) in [5.74, 6) is -8.25. The van der Waals surface area contributed by atoms with Crippen LogP contribution < -0.4 is 11.1 Å². The second-order valence-electron chi connectivity index (χ2n) is 4.15. The summed E-state index contributed by atoms with van der Waals surface area (Å²) < 4.78 is 51.4. The summed E-state index contributed by atoms with van der Waals surface area (Å²) in [5.41, 5.74) is 5.24. The second-order valence-corrected chi connectivity index (χ2v) is 4.15. The van der Waals surface area contributed by atoms with Gasteiger partial charge in [0.2, 0.25) is 0 Å². The number of nitrogens with two attached hydrogens (primary N) is 1. The lowest BCUT2D eigenvalue weighted by molar-refractivity contribution is -0.145. The van der Waals surface area contributed by atoms with Gasteiger partial charge in [0.05, 0.1) is 6.04 Å². The molecule has 0 saturated heterocycles. The quantitative estimate of drug-likeness (QED) is 0.716. The van der Waals surface area contributed by atoms with E-state index in [1.165, 1.54) is 0 Å². The van der Waals surface area contributed by atoms with Crippen LogP contribution in [0.1, 0.15) is 26.2 Å². The Hall–Kier alpha value is -0.850. The first-order valence-electron chi connectivity index (χ1n) is 4.97. The van der Waals surface area contributed by atoms with E-state index in [0.29, 0.717) is 6.92 Å². The van der Waals surface area contributed by atoms with Crippen LogP contribution in [0, 0.1) is 0 Å². The highest BCUT2D eigenvalue weighted by Crippen LogP contribution is 2.32. The monoisotopic (exact) mass is 242 g/mol. The Balaban J connectivity index is 2.65. The third kappa shape index (κ3) is 2.84. The number of carbonyl (C=O) groups is 1. The van der Waals surface area contributed by atoms with Gasteiger partial charge < -0.3 is 11.1 Å². The van der Waals surface area contributed by atoms with E-state index in [1.807, 2.05) is 5.32 Å². The lowest BCUT2D eigenvalue weighted by atomic mass is 9.87. The van der Waals surface area contributed by atoms with Crippen LogP contribution in [0.3, 0.4) is 0 Å². The molecule has 0 aromatic heterocycles. The highest BCUT2D eigenvalue weighted by atomic mass is 19.3. The first kappa shape index (κ1) is 13.2. The number of nitrogens with one attached hydrogen (secondary N) is 1. The van der Waals surface area contributed by atoms with E-state index in [9.17, 15) is 22.4 Å². The van der Waals surface area contributed by atoms with Gasteiger partial charge in [-0.25, -0.2) is 8.78 Å². The summed E-state index contributed by atoms with van der Waals surface area (Å²) >= 11 is 0. The summed E-state index contributed by atoms with van der Waals surface area (Å²) in [5, 5.41) is 1.87. The van der Waals surface area contributed by atoms with E-state index in [0.717, 1.165) is 0 Å². The highest BCUT2D eigenvalue weighted by molar-refractivity contribution is 5.83. The van der Waals surface area contributed by atoms with E-state index in [4.69, 9.17) is 5.73 Å². The second kappa shape index (κ2) is 4.20. The summed E-state index contributed by atoms with van der Waals surface area (Å²) in [6.45, 7) is 0.412. The Labute approximate surface area is 90.4 Å². The minimum absolute atomic E-state index is 0.154. The van der Waals surface area contributed by atoms with Crippen LogP contribution in [-0.4, -0.2) is 29.8 Å². The number of hydrogen-bond acceptors (Lipinski definition) is 2. The van der Waals surface area contributed by atoms with Gasteiger partial charge in [0.1, 0.15) is 0 Å². The average Bonchev–Trinajstić information content (AvgIpc) is 2.11. The van der Waals surface area contributed by atoms with Crippen molar-refractivity contribution in [1.82, 2.24) is 5.32 Å². The summed E-state index contributed by atoms with van der Waals surface area (Å²) in [6.07, 6.45) is -0.0252. The van der Waals surface area contributed by atoms with Crippen molar-refractivity contribution in [2.75, 3.05) is 0 Å². The van der Waals surface area contributed by atoms with Crippen molar-refractivity contribution in [1.29, 1.82) is 0 Å². The largest absolute Gasteiger partial charge is 0.346 e. The highest BCUT2D eigenvalue weighted by Gasteiger charge is 2.46. The fourth-order valence-electron chi connectivity index (χ4n) is 1.66. The molecule has 0 heterocycles. The molecule has 0 unspecified atom stereocenters. The van der Waals surface area contributed by atoms with E-state index < -0.39 is 29.8 Å². The molecule has 0 bridgehead atoms. The summed E-state index contributed by atoms with van der Waals surface area (Å²) in [4.78, 5) is 10.9. The molecule has 1 rings (SSSR count). The van der Waals surface area contributed by atoms with Crippen LogP contribution in [0.5, 0.6) is 0 Å². The molecule has 2 atom stereocenters. The molecule has 1 fully saturated rings. The Kier molecular flexibility index (Phi) is 3.47. The molecule has 1 aliphatic rings. The number of halogens is 4. The molecule has 1 saturated carbocycles. The molecule has 7 heteroatoms. The van der Waals surface area contributed by atoms with E-state index in [2.05, 4.69) is 0 Å². The zero-order valence-electron chi connectivity index (χ0n) is 8.77. The van der Waals surface area contributed by atoms with Gasteiger partial charge in [0.15, 0.2) is 0 Å². The lowest BCUT2D eigenvalue weighted by Gasteiger charge is -2.36. The topological polar surface area (TPSA) is 55.1 Å². The maximum absolute atomic E-state index is 13.1. The zero-order valence-corrected chi connectivity index (χ0v) is 8.77. The first-order valence-corrected chi connectivity index (χ1v) is 4.97. The van der Waals surface area contributed by atoms with Crippen LogP contribution in [0.15, 0.2) is 0 Å². The maximum Gasteiger partial charge on any atom is 0.321 e. The Bertz CT molecular complexity index is 277. The van der Waals surface area contributed by atoms with Gasteiger partial charge in [-0.05, 0) is 12.8 Å². The van der Waals surface area contributed by atoms with Crippen LogP contribution in [0.25, 0.3) is 0 Å². The van der Waals surface area contributed by atoms with Gasteiger partial charge in [0.25, 0.3) is 11.8 Å². The minimum Gasteiger partial charge on any atom is -0.346 e. The molecular weight excluding hydrogens is 228 g/mol. The number of amides is 1. The van der Waals surface area contributed by atoms with E-state index in [1.54, 1.807) is 0 Å². The Morgan fingerprint density at radius 2 is 2.06 bits per heavy atom. The van der Waals surface area contributed by atoms with Crippen molar-refractivity contribution in [3.63, 3.8) is 0 Å². The van der Waals surface area contributed by atoms with Crippen LogP contribution in [0.2, 0.25) is 0 Å². The molecule has 0 aliphatic heterocycles. The van der Waals surface area contributed by atoms with Crippen molar-refractivity contribution in [2.45, 2.75) is 50.1 Å². The van der Waals surface area contributed by atoms with Crippen LogP contribution in [0.4, 0.5) is 17.6 Å². The zero-order chi connectivity index (χ0) is 12.6. The van der Waals surface area contributed by atoms with E-state index >= 15 is 0 Å². The fraction of sp³-hybridized carbons (Fsp3) is 0.889. The van der Waals surface area contributed by atoms with Crippen LogP contribution >= 0.6 is 0 Å². The van der Waals surface area contributed by atoms with Crippen LogP contribution in [-0.2, 0) is 4.79 Å². The third-order valence-electron chi connectivity index (χ3n) is 2.66. The molecule has 0 aromatic carbocycles.